The van der Waals surface area contributed by atoms with Gasteiger partial charge in [0.25, 0.3) is 5.91 Å². The summed E-state index contributed by atoms with van der Waals surface area (Å²) in [6, 6.07) is 13.1. The van der Waals surface area contributed by atoms with Gasteiger partial charge in [-0.2, -0.15) is 0 Å². The molecule has 3 aromatic rings. The zero-order valence-electron chi connectivity index (χ0n) is 14.7. The molecular formula is C20H18ClFN4O. The summed E-state index contributed by atoms with van der Waals surface area (Å²) in [5, 5.41) is 6.42. The second-order valence-electron chi connectivity index (χ2n) is 5.98. The summed E-state index contributed by atoms with van der Waals surface area (Å²) in [5.74, 6) is -0.249. The number of carbonyl (C=O) groups excluding carboxylic acids is 1. The Balaban J connectivity index is 1.61. The second kappa shape index (κ2) is 8.60. The Morgan fingerprint density at radius 2 is 1.93 bits per heavy atom. The van der Waals surface area contributed by atoms with E-state index in [1.807, 2.05) is 13.0 Å². The molecule has 0 unspecified atom stereocenters. The number of hydrogen-bond donors (Lipinski definition) is 2. The van der Waals surface area contributed by atoms with Crippen molar-refractivity contribution in [3.8, 4) is 0 Å². The number of rotatable bonds is 6. The molecule has 0 fully saturated rings. The molecule has 0 aliphatic rings. The molecule has 7 heteroatoms. The van der Waals surface area contributed by atoms with Crippen molar-refractivity contribution in [2.75, 3.05) is 17.2 Å². The molecule has 0 bridgehead atoms. The average molecular weight is 385 g/mol. The smallest absolute Gasteiger partial charge is 0.274 e. The van der Waals surface area contributed by atoms with Gasteiger partial charge in [0.15, 0.2) is 0 Å². The van der Waals surface area contributed by atoms with Crippen molar-refractivity contribution >= 4 is 29.1 Å². The molecule has 0 atom stereocenters. The zero-order valence-corrected chi connectivity index (χ0v) is 15.4. The van der Waals surface area contributed by atoms with Crippen LogP contribution in [0, 0.1) is 12.7 Å². The van der Waals surface area contributed by atoms with E-state index in [4.69, 9.17) is 11.6 Å². The lowest BCUT2D eigenvalue weighted by Gasteiger charge is -2.09. The molecule has 2 aromatic carbocycles. The van der Waals surface area contributed by atoms with Gasteiger partial charge in [0.05, 0.1) is 0 Å². The number of amides is 1. The van der Waals surface area contributed by atoms with Gasteiger partial charge in [-0.25, -0.2) is 14.4 Å². The minimum atomic E-state index is -0.343. The van der Waals surface area contributed by atoms with Gasteiger partial charge in [-0.3, -0.25) is 4.79 Å². The molecule has 2 N–H and O–H groups in total. The predicted molar refractivity (Wildman–Crippen MR) is 105 cm³/mol. The summed E-state index contributed by atoms with van der Waals surface area (Å²) in [7, 11) is 0. The van der Waals surface area contributed by atoms with Crippen LogP contribution < -0.4 is 10.6 Å². The topological polar surface area (TPSA) is 66.9 Å². The molecule has 0 saturated heterocycles. The van der Waals surface area contributed by atoms with Gasteiger partial charge in [0.1, 0.15) is 11.5 Å². The van der Waals surface area contributed by atoms with Crippen molar-refractivity contribution < 1.29 is 9.18 Å². The second-order valence-corrected chi connectivity index (χ2v) is 6.42. The van der Waals surface area contributed by atoms with Crippen LogP contribution in [0.1, 0.15) is 21.6 Å². The van der Waals surface area contributed by atoms with Gasteiger partial charge in [-0.05, 0) is 54.8 Å². The van der Waals surface area contributed by atoms with E-state index in [2.05, 4.69) is 20.6 Å². The fraction of sp³-hybridized carbons (Fsp3) is 0.150. The zero-order chi connectivity index (χ0) is 19.2. The number of carbonyl (C=O) groups is 1. The number of anilines is 2. The highest BCUT2D eigenvalue weighted by atomic mass is 35.5. The van der Waals surface area contributed by atoms with Gasteiger partial charge < -0.3 is 10.6 Å². The molecule has 1 amide bonds. The van der Waals surface area contributed by atoms with Crippen LogP contribution in [0.3, 0.4) is 0 Å². The van der Waals surface area contributed by atoms with Gasteiger partial charge >= 0.3 is 0 Å². The Labute approximate surface area is 161 Å². The minimum absolute atomic E-state index is 0.244. The molecule has 27 heavy (non-hydrogen) atoms. The van der Waals surface area contributed by atoms with Crippen LogP contribution in [0.5, 0.6) is 0 Å². The number of hydrogen-bond acceptors (Lipinski definition) is 4. The van der Waals surface area contributed by atoms with Crippen molar-refractivity contribution in [3.63, 3.8) is 0 Å². The number of nitrogens with one attached hydrogen (secondary N) is 2. The van der Waals surface area contributed by atoms with E-state index in [0.29, 0.717) is 29.6 Å². The molecule has 0 radical (unpaired) electrons. The van der Waals surface area contributed by atoms with Crippen LogP contribution >= 0.6 is 11.6 Å². The predicted octanol–water partition coefficient (Wildman–Crippen LogP) is 4.48. The van der Waals surface area contributed by atoms with Crippen LogP contribution in [0.2, 0.25) is 5.02 Å². The highest BCUT2D eigenvalue weighted by Crippen LogP contribution is 2.20. The Bertz CT molecular complexity index is 947. The lowest BCUT2D eigenvalue weighted by atomic mass is 10.1. The SMILES string of the molecule is Cc1ccc(Cl)cc1NC(=O)c1ccnc(NCCc2ccc(F)cc2)n1. The minimum Gasteiger partial charge on any atom is -0.354 e. The Morgan fingerprint density at radius 1 is 1.15 bits per heavy atom. The first-order chi connectivity index (χ1) is 13.0. The maximum atomic E-state index is 12.9. The molecular weight excluding hydrogens is 367 g/mol. The fourth-order valence-electron chi connectivity index (χ4n) is 2.46. The average Bonchev–Trinajstić information content (AvgIpc) is 2.66. The summed E-state index contributed by atoms with van der Waals surface area (Å²) < 4.78 is 12.9. The highest BCUT2D eigenvalue weighted by molar-refractivity contribution is 6.31. The van der Waals surface area contributed by atoms with Crippen molar-refractivity contribution in [1.82, 2.24) is 9.97 Å². The Kier molecular flexibility index (Phi) is 5.98. The van der Waals surface area contributed by atoms with E-state index in [0.717, 1.165) is 11.1 Å². The summed E-state index contributed by atoms with van der Waals surface area (Å²) >= 11 is 5.98. The van der Waals surface area contributed by atoms with Crippen LogP contribution in [-0.4, -0.2) is 22.4 Å². The summed E-state index contributed by atoms with van der Waals surface area (Å²) in [4.78, 5) is 20.8. The molecule has 5 nitrogen and oxygen atoms in total. The third-order valence-corrected chi connectivity index (χ3v) is 4.18. The van der Waals surface area contributed by atoms with E-state index >= 15 is 0 Å². The lowest BCUT2D eigenvalue weighted by molar-refractivity contribution is 0.102. The first kappa shape index (κ1) is 18.8. The van der Waals surface area contributed by atoms with E-state index in [-0.39, 0.29) is 17.4 Å². The van der Waals surface area contributed by atoms with Crippen LogP contribution in [-0.2, 0) is 6.42 Å². The van der Waals surface area contributed by atoms with Crippen LogP contribution in [0.25, 0.3) is 0 Å². The van der Waals surface area contributed by atoms with Crippen LogP contribution in [0.4, 0.5) is 16.0 Å². The molecule has 0 saturated carbocycles. The van der Waals surface area contributed by atoms with Gasteiger partial charge in [-0.1, -0.05) is 29.8 Å². The maximum Gasteiger partial charge on any atom is 0.274 e. The lowest BCUT2D eigenvalue weighted by Crippen LogP contribution is -2.16. The largest absolute Gasteiger partial charge is 0.354 e. The van der Waals surface area contributed by atoms with Crippen LogP contribution in [0.15, 0.2) is 54.7 Å². The third-order valence-electron chi connectivity index (χ3n) is 3.95. The summed E-state index contributed by atoms with van der Waals surface area (Å²) in [6.45, 7) is 2.44. The molecule has 0 spiro atoms. The standard InChI is InChI=1S/C20H18ClFN4O/c1-13-2-5-15(21)12-18(13)25-19(27)17-9-11-24-20(26-17)23-10-8-14-3-6-16(22)7-4-14/h2-7,9,11-12H,8,10H2,1H3,(H,25,27)(H,23,24,26). The molecule has 0 aliphatic heterocycles. The maximum absolute atomic E-state index is 12.9. The Hall–Kier alpha value is -2.99. The van der Waals surface area contributed by atoms with Gasteiger partial charge in [-0.15, -0.1) is 0 Å². The van der Waals surface area contributed by atoms with Crippen molar-refractivity contribution in [1.29, 1.82) is 0 Å². The third kappa shape index (κ3) is 5.24. The van der Waals surface area contributed by atoms with Gasteiger partial charge in [0.2, 0.25) is 5.95 Å². The first-order valence-corrected chi connectivity index (χ1v) is 8.78. The van der Waals surface area contributed by atoms with E-state index < -0.39 is 0 Å². The number of aryl methyl sites for hydroxylation is 1. The van der Waals surface area contributed by atoms with E-state index in [9.17, 15) is 9.18 Å². The number of benzene rings is 2. The molecule has 1 heterocycles. The quantitative estimate of drug-likeness (QED) is 0.657. The van der Waals surface area contributed by atoms with Gasteiger partial charge in [0, 0.05) is 23.5 Å². The van der Waals surface area contributed by atoms with Crippen molar-refractivity contribution in [3.05, 3.63) is 82.4 Å². The fourth-order valence-corrected chi connectivity index (χ4v) is 2.63. The molecule has 0 aliphatic carbocycles. The molecule has 138 valence electrons. The molecule has 1 aromatic heterocycles. The summed E-state index contributed by atoms with van der Waals surface area (Å²) in [5.41, 5.74) is 2.78. The normalized spacial score (nSPS) is 10.5. The summed E-state index contributed by atoms with van der Waals surface area (Å²) in [6.07, 6.45) is 2.20. The van der Waals surface area contributed by atoms with E-state index in [1.165, 1.54) is 18.3 Å². The van der Waals surface area contributed by atoms with Crippen molar-refractivity contribution in [2.24, 2.45) is 0 Å². The first-order valence-electron chi connectivity index (χ1n) is 8.40. The van der Waals surface area contributed by atoms with Crippen molar-refractivity contribution in [2.45, 2.75) is 13.3 Å². The number of aromatic nitrogens is 2. The number of nitrogens with zero attached hydrogens (tertiary/aromatic N) is 2. The monoisotopic (exact) mass is 384 g/mol. The highest BCUT2D eigenvalue weighted by Gasteiger charge is 2.11. The Morgan fingerprint density at radius 3 is 2.70 bits per heavy atom. The van der Waals surface area contributed by atoms with E-state index in [1.54, 1.807) is 30.3 Å². The number of halogens is 2. The molecule has 3 rings (SSSR count).